The number of aromatic hydroxyl groups is 4. The van der Waals surface area contributed by atoms with E-state index in [1.54, 1.807) is 60.7 Å². The Morgan fingerprint density at radius 3 is 1.00 bits per heavy atom. The van der Waals surface area contributed by atoms with E-state index in [0.717, 1.165) is 29.8 Å². The number of carbonyl (C=O) groups excluding carboxylic acids is 2. The zero-order valence-electron chi connectivity index (χ0n) is 43.7. The Hall–Kier alpha value is -12.4. The van der Waals surface area contributed by atoms with Crippen molar-refractivity contribution in [3.63, 3.8) is 0 Å². The van der Waals surface area contributed by atoms with Crippen molar-refractivity contribution in [3.05, 3.63) is 188 Å². The van der Waals surface area contributed by atoms with Crippen LogP contribution in [0.15, 0.2) is 163 Å². The van der Waals surface area contributed by atoms with E-state index in [9.17, 15) is 55.0 Å². The van der Waals surface area contributed by atoms with Crippen LogP contribution < -0.4 is 11.5 Å². The van der Waals surface area contributed by atoms with Gasteiger partial charge in [0.05, 0.1) is 52.1 Å². The third kappa shape index (κ3) is 12.3. The molecular formula is C58H42N8O18. The number of benzene rings is 8. The van der Waals surface area contributed by atoms with Crippen LogP contribution in [0.4, 0.5) is 22.7 Å². The quantitative estimate of drug-likeness (QED) is 0.0232. The molecule has 0 bridgehead atoms. The fourth-order valence-corrected chi connectivity index (χ4v) is 7.83. The van der Waals surface area contributed by atoms with Crippen LogP contribution in [0.2, 0.25) is 0 Å². The number of aryl methyl sites for hydroxylation is 1. The van der Waals surface area contributed by atoms with E-state index in [1.807, 2.05) is 31.2 Å². The van der Waals surface area contributed by atoms with Crippen LogP contribution in [0.5, 0.6) is 23.0 Å². The van der Waals surface area contributed by atoms with Gasteiger partial charge < -0.3 is 64.1 Å². The molecule has 0 aliphatic rings. The molecule has 0 fully saturated rings. The van der Waals surface area contributed by atoms with Gasteiger partial charge in [0.1, 0.15) is 33.6 Å². The van der Waals surface area contributed by atoms with Gasteiger partial charge in [-0.15, -0.1) is 0 Å². The van der Waals surface area contributed by atoms with Gasteiger partial charge in [-0.2, -0.15) is 0 Å². The van der Waals surface area contributed by atoms with Crippen molar-refractivity contribution < 1.29 is 76.9 Å². The smallest absolute Gasteiger partial charge is 0.337 e. The molecule has 0 aliphatic carbocycles. The lowest BCUT2D eigenvalue weighted by atomic mass is 10.1. The van der Waals surface area contributed by atoms with Gasteiger partial charge in [0.2, 0.25) is 23.6 Å². The fraction of sp³-hybridized carbons (Fsp3) is 0.0517. The van der Waals surface area contributed by atoms with Gasteiger partial charge in [0.15, 0.2) is 33.8 Å². The largest absolute Gasteiger partial charge is 0.506 e. The molecule has 8 aromatic carbocycles. The minimum Gasteiger partial charge on any atom is -0.506 e. The van der Waals surface area contributed by atoms with Crippen molar-refractivity contribution in [2.24, 2.45) is 0 Å². The summed E-state index contributed by atoms with van der Waals surface area (Å²) in [7, 11) is 2.62. The molecule has 26 heteroatoms. The van der Waals surface area contributed by atoms with Gasteiger partial charge in [-0.25, -0.2) is 34.3 Å². The number of aromatic nitrogens is 4. The average molecular weight is 1140 g/mol. The van der Waals surface area contributed by atoms with Gasteiger partial charge >= 0.3 is 29.3 Å². The molecule has 12 aromatic rings. The van der Waals surface area contributed by atoms with Crippen molar-refractivity contribution in [1.29, 1.82) is 0 Å². The van der Waals surface area contributed by atoms with Crippen molar-refractivity contribution >= 4 is 85.1 Å². The number of nitrogens with two attached hydrogens (primary N) is 2. The van der Waals surface area contributed by atoms with Crippen molar-refractivity contribution in [2.75, 3.05) is 25.7 Å². The van der Waals surface area contributed by atoms with Crippen LogP contribution in [0.3, 0.4) is 0 Å². The normalized spacial score (nSPS) is 10.8. The van der Waals surface area contributed by atoms with E-state index >= 15 is 0 Å². The predicted octanol–water partition coefficient (Wildman–Crippen LogP) is 11.4. The second-order valence-corrected chi connectivity index (χ2v) is 17.9. The summed E-state index contributed by atoms with van der Waals surface area (Å²) < 4.78 is 31.3. The van der Waals surface area contributed by atoms with E-state index in [4.69, 9.17) is 34.2 Å². The summed E-state index contributed by atoms with van der Waals surface area (Å²) in [4.78, 5) is 70.7. The minimum atomic E-state index is -1.05. The molecule has 0 saturated heterocycles. The average Bonchev–Trinajstić information content (AvgIpc) is 4.51. The van der Waals surface area contributed by atoms with Crippen LogP contribution in [0, 0.1) is 27.2 Å². The monoisotopic (exact) mass is 1140 g/mol. The molecule has 0 amide bonds. The number of rotatable bonds is 9. The Labute approximate surface area is 469 Å². The van der Waals surface area contributed by atoms with E-state index in [0.29, 0.717) is 67.5 Å². The van der Waals surface area contributed by atoms with Crippen LogP contribution in [-0.4, -0.2) is 87.4 Å². The summed E-state index contributed by atoms with van der Waals surface area (Å²) >= 11 is 0. The number of carboxylic acid groups (broad SMARTS) is 1. The molecule has 0 unspecified atom stereocenters. The van der Waals surface area contributed by atoms with Crippen molar-refractivity contribution in [1.82, 2.24) is 19.9 Å². The maximum atomic E-state index is 11.4. The first-order chi connectivity index (χ1) is 40.2. The number of aromatic carboxylic acids is 1. The second-order valence-electron chi connectivity index (χ2n) is 17.9. The number of ether oxygens (including phenoxy) is 2. The van der Waals surface area contributed by atoms with E-state index < -0.39 is 50.6 Å². The summed E-state index contributed by atoms with van der Waals surface area (Å²) in [6.45, 7) is 2.02. The molecule has 9 N–H and O–H groups in total. The van der Waals surface area contributed by atoms with Crippen molar-refractivity contribution in [2.45, 2.75) is 6.92 Å². The maximum absolute atomic E-state index is 11.4. The van der Waals surface area contributed by atoms with E-state index in [-0.39, 0.29) is 56.7 Å². The number of nitrogen functional groups attached to an aromatic ring is 2. The lowest BCUT2D eigenvalue weighted by Crippen LogP contribution is -2.00. The third-order valence-electron chi connectivity index (χ3n) is 12.2. The number of nitrogens with zero attached hydrogens (tertiary/aromatic N) is 6. The molecule has 0 spiro atoms. The molecule has 4 aromatic heterocycles. The first-order valence-electron chi connectivity index (χ1n) is 24.3. The molecular weight excluding hydrogens is 1100 g/mol. The number of nitro groups is 2. The van der Waals surface area contributed by atoms with Crippen LogP contribution in [0.1, 0.15) is 36.6 Å². The number of methoxy groups -OCH3 is 2. The van der Waals surface area contributed by atoms with E-state index in [2.05, 4.69) is 29.4 Å². The van der Waals surface area contributed by atoms with Gasteiger partial charge in [-0.3, -0.25) is 20.2 Å². The Morgan fingerprint density at radius 1 is 0.440 bits per heavy atom. The minimum absolute atomic E-state index is 0.00843. The predicted molar refractivity (Wildman–Crippen MR) is 301 cm³/mol. The SMILES string of the molecule is COC(=O)c1ccc(-c2nc3cc(N)c(O)cc3o2)cc1.COC(=O)c1ccc(-c2nc3cc([N+](=O)[O-])c(O)cc3o2)cc1.Cc1ccc(-c2nc3cc(N)c(O)cc3o2)cc1.O=C(O)c1ccc(-c2nc3cc([N+](=O)[O-])c(O)cc3o2)cc1. The summed E-state index contributed by atoms with van der Waals surface area (Å²) in [6.07, 6.45) is 0. The molecule has 422 valence electrons. The van der Waals surface area contributed by atoms with E-state index in [1.165, 1.54) is 56.2 Å². The summed E-state index contributed by atoms with van der Waals surface area (Å²) in [6, 6.07) is 37.3. The standard InChI is InChI=1S/C15H10N2O6.C15H12N2O4.C14H8N2O6.C14H12N2O2/c1-22-15(19)9-4-2-8(3-5-9)14-16-10-6-11(17(20)21)12(18)7-13(10)23-14;1-20-15(19)9-4-2-8(3-5-9)14-17-11-6-10(16)12(18)7-13(11)21-14;17-11-6-12-9(5-10(11)16(20)21)15-13(22-12)7-1-3-8(4-2-7)14(18)19;1-8-2-4-9(5-3-8)14-16-11-6-10(15)12(17)7-13(11)18-14/h2-7,18H,1H3;2-7,18H,16H2,1H3;1-6,17H,(H,18,19);2-7,17H,15H2,1H3. The molecule has 84 heavy (non-hydrogen) atoms. The first kappa shape index (κ1) is 56.4. The van der Waals surface area contributed by atoms with Crippen molar-refractivity contribution in [3.8, 4) is 68.8 Å². The topological polar surface area (TPSA) is 413 Å². The Morgan fingerprint density at radius 2 is 0.714 bits per heavy atom. The zero-order valence-corrected chi connectivity index (χ0v) is 43.7. The number of esters is 2. The first-order valence-corrected chi connectivity index (χ1v) is 24.3. The molecule has 0 atom stereocenters. The number of nitro benzene ring substituents is 2. The molecule has 26 nitrogen and oxygen atoms in total. The Balaban J connectivity index is 0.000000135. The van der Waals surface area contributed by atoms with Crippen LogP contribution in [-0.2, 0) is 9.47 Å². The third-order valence-corrected chi connectivity index (χ3v) is 12.2. The Kier molecular flexibility index (Phi) is 15.8. The van der Waals surface area contributed by atoms with Gasteiger partial charge in [-0.05, 0) is 104 Å². The van der Waals surface area contributed by atoms with Crippen LogP contribution >= 0.6 is 0 Å². The highest BCUT2D eigenvalue weighted by atomic mass is 16.6. The van der Waals surface area contributed by atoms with Gasteiger partial charge in [0, 0.05) is 58.7 Å². The Bertz CT molecular complexity index is 4420. The molecule has 12 rings (SSSR count). The summed E-state index contributed by atoms with van der Waals surface area (Å²) in [5.74, 6) is -1.67. The lowest BCUT2D eigenvalue weighted by molar-refractivity contribution is -0.385. The highest BCUT2D eigenvalue weighted by molar-refractivity contribution is 5.92. The van der Waals surface area contributed by atoms with Gasteiger partial charge in [0.25, 0.3) is 0 Å². The highest BCUT2D eigenvalue weighted by Gasteiger charge is 2.21. The summed E-state index contributed by atoms with van der Waals surface area (Å²) in [5.41, 5.74) is 18.7. The molecule has 0 aliphatic heterocycles. The zero-order chi connectivity index (χ0) is 60.1. The summed E-state index contributed by atoms with van der Waals surface area (Å²) in [5, 5.41) is 68.7. The number of fused-ring (bicyclic) bond motifs is 4. The van der Waals surface area contributed by atoms with Crippen LogP contribution in [0.25, 0.3) is 90.2 Å². The number of hydrogen-bond donors (Lipinski definition) is 7. The molecule has 0 saturated carbocycles. The second kappa shape index (κ2) is 23.5. The number of phenols is 4. The number of carboxylic acids is 1. The fourth-order valence-electron chi connectivity index (χ4n) is 7.83. The number of hydrogen-bond acceptors (Lipinski definition) is 23. The number of anilines is 2. The van der Waals surface area contributed by atoms with Gasteiger partial charge in [-0.1, -0.05) is 17.7 Å². The maximum Gasteiger partial charge on any atom is 0.337 e. The lowest BCUT2D eigenvalue weighted by Gasteiger charge is -1.99. The number of carbonyl (C=O) groups is 3. The highest BCUT2D eigenvalue weighted by Crippen LogP contribution is 2.36. The number of oxazole rings is 4. The molecule has 4 heterocycles. The number of phenolic OH excluding ortho intramolecular Hbond substituents is 4. The molecule has 0 radical (unpaired) electrons.